The van der Waals surface area contributed by atoms with E-state index in [0.29, 0.717) is 23.6 Å². The highest BCUT2D eigenvalue weighted by atomic mass is 16.7. The number of benzene rings is 2. The number of hydrogen-bond acceptors (Lipinski definition) is 9. The fourth-order valence-corrected chi connectivity index (χ4v) is 2.88. The average Bonchev–Trinajstić information content (AvgIpc) is 3.30. The second kappa shape index (κ2) is 10.2. The molecule has 10 nitrogen and oxygen atoms in total. The Hall–Kier alpha value is -4.23. The monoisotopic (exact) mass is 438 g/mol. The molecule has 0 radical (unpaired) electrons. The van der Waals surface area contributed by atoms with Crippen LogP contribution in [0.5, 0.6) is 5.75 Å². The van der Waals surface area contributed by atoms with Crippen LogP contribution in [0.3, 0.4) is 0 Å². The Morgan fingerprint density at radius 3 is 2.56 bits per heavy atom. The van der Waals surface area contributed by atoms with Crippen molar-refractivity contribution in [3.8, 4) is 29.3 Å². The third-order valence-corrected chi connectivity index (χ3v) is 4.33. The molecule has 10 heteroatoms. The highest BCUT2D eigenvalue weighted by Gasteiger charge is 2.19. The number of nitro groups is 1. The third-order valence-electron chi connectivity index (χ3n) is 4.33. The van der Waals surface area contributed by atoms with Crippen molar-refractivity contribution in [2.75, 3.05) is 12.6 Å². The summed E-state index contributed by atoms with van der Waals surface area (Å²) in [4.78, 5) is 24.5. The van der Waals surface area contributed by atoms with E-state index in [0.717, 1.165) is 11.1 Å². The van der Waals surface area contributed by atoms with Gasteiger partial charge in [-0.05, 0) is 38.0 Å². The van der Waals surface area contributed by atoms with E-state index in [-0.39, 0.29) is 5.69 Å². The number of ether oxygens (including phenoxy) is 1. The Morgan fingerprint density at radius 1 is 1.16 bits per heavy atom. The smallest absolute Gasteiger partial charge is 0.269 e. The number of nitro benzene ring substituents is 1. The number of nitrogens with zero attached hydrogens (tertiary/aromatic N) is 2. The van der Waals surface area contributed by atoms with Crippen LogP contribution >= 0.6 is 0 Å². The van der Waals surface area contributed by atoms with Gasteiger partial charge in [-0.15, -0.1) is 5.48 Å². The third kappa shape index (κ3) is 6.13. The maximum Gasteiger partial charge on any atom is 0.269 e. The maximum absolute atomic E-state index is 10.7. The summed E-state index contributed by atoms with van der Waals surface area (Å²) in [5.41, 5.74) is 7.39. The molecule has 166 valence electrons. The minimum Gasteiger partial charge on any atom is -0.496 e. The van der Waals surface area contributed by atoms with Crippen molar-refractivity contribution in [1.29, 1.82) is 0 Å². The van der Waals surface area contributed by atoms with Crippen LogP contribution in [-0.2, 0) is 16.1 Å². The van der Waals surface area contributed by atoms with Gasteiger partial charge in [-0.2, -0.15) is 0 Å². The lowest BCUT2D eigenvalue weighted by molar-refractivity contribution is -0.384. The summed E-state index contributed by atoms with van der Waals surface area (Å²) in [6.45, 7) is 3.83. The molecule has 32 heavy (non-hydrogen) atoms. The standard InChI is InChI=1S/C22H22N4O6/c1-22(2,13-16-4-7-18(8-5-16)26(27)28)25-32-11-10-31-24-17-6-9-19(20(12-17)29-3)21-14-23-15-30-21/h4-9,12,14-15,24-25H,13H2,1-3H3. The van der Waals surface area contributed by atoms with Crippen LogP contribution in [0.15, 0.2) is 59.5 Å². The highest BCUT2D eigenvalue weighted by Crippen LogP contribution is 2.32. The molecule has 0 saturated carbocycles. The fourth-order valence-electron chi connectivity index (χ4n) is 2.88. The van der Waals surface area contributed by atoms with Gasteiger partial charge in [0.25, 0.3) is 5.69 Å². The topological polar surface area (TPSA) is 121 Å². The van der Waals surface area contributed by atoms with Crippen molar-refractivity contribution in [2.45, 2.75) is 25.8 Å². The van der Waals surface area contributed by atoms with Gasteiger partial charge in [-0.3, -0.25) is 10.1 Å². The number of hydroxylamine groups is 1. The molecule has 0 aliphatic rings. The molecule has 2 N–H and O–H groups in total. The first kappa shape index (κ1) is 22.5. The molecule has 3 aromatic rings. The minimum atomic E-state index is -0.470. The molecule has 1 aromatic heterocycles. The van der Waals surface area contributed by atoms with E-state index in [1.165, 1.54) is 18.5 Å². The number of nitrogens with one attached hydrogen (secondary N) is 2. The molecular formula is C22H22N4O6. The fraction of sp³-hybridized carbons (Fsp3) is 0.227. The predicted octanol–water partition coefficient (Wildman–Crippen LogP) is 4.06. The molecule has 0 atom stereocenters. The van der Waals surface area contributed by atoms with E-state index in [4.69, 9.17) is 18.8 Å². The van der Waals surface area contributed by atoms with Crippen LogP contribution in [0.2, 0.25) is 0 Å². The summed E-state index contributed by atoms with van der Waals surface area (Å²) in [7, 11) is 1.55. The average molecular weight is 438 g/mol. The molecule has 0 saturated heterocycles. The van der Waals surface area contributed by atoms with Gasteiger partial charge in [0.2, 0.25) is 0 Å². The van der Waals surface area contributed by atoms with E-state index < -0.39 is 10.5 Å². The Balaban J connectivity index is 1.47. The molecule has 3 rings (SSSR count). The molecule has 0 aliphatic heterocycles. The Bertz CT molecular complexity index is 1100. The van der Waals surface area contributed by atoms with Gasteiger partial charge in [0.05, 0.1) is 35.0 Å². The van der Waals surface area contributed by atoms with Crippen molar-refractivity contribution >= 4 is 11.4 Å². The van der Waals surface area contributed by atoms with Crippen LogP contribution in [0.1, 0.15) is 19.4 Å². The van der Waals surface area contributed by atoms with E-state index in [1.54, 1.807) is 43.6 Å². The summed E-state index contributed by atoms with van der Waals surface area (Å²) in [5, 5.41) is 10.7. The lowest BCUT2D eigenvalue weighted by Gasteiger charge is -2.23. The van der Waals surface area contributed by atoms with Crippen molar-refractivity contribution < 1.29 is 23.8 Å². The number of oxazole rings is 1. The lowest BCUT2D eigenvalue weighted by Crippen LogP contribution is -2.40. The van der Waals surface area contributed by atoms with Crippen LogP contribution in [0, 0.1) is 22.3 Å². The molecule has 0 aliphatic carbocycles. The van der Waals surface area contributed by atoms with Gasteiger partial charge >= 0.3 is 0 Å². The quantitative estimate of drug-likeness (QED) is 0.289. The van der Waals surface area contributed by atoms with E-state index in [9.17, 15) is 10.1 Å². The van der Waals surface area contributed by atoms with E-state index >= 15 is 0 Å². The summed E-state index contributed by atoms with van der Waals surface area (Å²) < 4.78 is 10.7. The van der Waals surface area contributed by atoms with Crippen LogP contribution < -0.4 is 15.7 Å². The Morgan fingerprint density at radius 2 is 1.91 bits per heavy atom. The molecule has 0 bridgehead atoms. The molecule has 0 amide bonds. The molecule has 0 spiro atoms. The van der Waals surface area contributed by atoms with Crippen molar-refractivity contribution in [2.24, 2.45) is 0 Å². The van der Waals surface area contributed by atoms with Crippen molar-refractivity contribution in [3.05, 3.63) is 70.7 Å². The highest BCUT2D eigenvalue weighted by molar-refractivity contribution is 5.69. The van der Waals surface area contributed by atoms with Crippen LogP contribution in [-0.4, -0.2) is 22.6 Å². The number of aromatic nitrogens is 1. The SMILES string of the molecule is COc1cc(NOC#CONC(C)(C)Cc2ccc([N+](=O)[O-])cc2)ccc1-c1cnco1. The largest absolute Gasteiger partial charge is 0.496 e. The molecule has 2 aromatic carbocycles. The van der Waals surface area contributed by atoms with E-state index in [2.05, 4.69) is 28.2 Å². The van der Waals surface area contributed by atoms with Gasteiger partial charge in [0.15, 0.2) is 24.4 Å². The predicted molar refractivity (Wildman–Crippen MR) is 116 cm³/mol. The second-order valence-corrected chi connectivity index (χ2v) is 7.38. The lowest BCUT2D eigenvalue weighted by atomic mass is 9.96. The van der Waals surface area contributed by atoms with Crippen LogP contribution in [0.25, 0.3) is 11.3 Å². The Labute approximate surface area is 184 Å². The second-order valence-electron chi connectivity index (χ2n) is 7.38. The first-order chi connectivity index (χ1) is 15.4. The number of hydrogen-bond donors (Lipinski definition) is 2. The first-order valence-corrected chi connectivity index (χ1v) is 9.53. The van der Waals surface area contributed by atoms with Crippen molar-refractivity contribution in [1.82, 2.24) is 10.5 Å². The summed E-state index contributed by atoms with van der Waals surface area (Å²) in [5.74, 6) is 1.17. The number of methoxy groups -OCH3 is 1. The number of non-ortho nitro benzene ring substituents is 1. The maximum atomic E-state index is 10.7. The number of anilines is 1. The van der Waals surface area contributed by atoms with Crippen molar-refractivity contribution in [3.63, 3.8) is 0 Å². The van der Waals surface area contributed by atoms with Gasteiger partial charge in [-0.25, -0.2) is 10.5 Å². The summed E-state index contributed by atoms with van der Waals surface area (Å²) in [6.07, 6.45) is 8.29. The zero-order valence-corrected chi connectivity index (χ0v) is 17.7. The zero-order valence-electron chi connectivity index (χ0n) is 17.7. The number of rotatable bonds is 9. The van der Waals surface area contributed by atoms with Gasteiger partial charge in [0, 0.05) is 18.2 Å². The molecule has 1 heterocycles. The molecule has 0 fully saturated rings. The molecular weight excluding hydrogens is 416 g/mol. The molecule has 0 unspecified atom stereocenters. The zero-order chi connectivity index (χ0) is 23.0. The minimum absolute atomic E-state index is 0.0523. The Kier molecular flexibility index (Phi) is 7.15. The van der Waals surface area contributed by atoms with Crippen LogP contribution in [0.4, 0.5) is 11.4 Å². The van der Waals surface area contributed by atoms with Gasteiger partial charge < -0.3 is 18.8 Å². The summed E-state index contributed by atoms with van der Waals surface area (Å²) in [6, 6.07) is 11.7. The summed E-state index contributed by atoms with van der Waals surface area (Å²) >= 11 is 0. The van der Waals surface area contributed by atoms with Gasteiger partial charge in [0.1, 0.15) is 5.75 Å². The normalized spacial score (nSPS) is 10.6. The van der Waals surface area contributed by atoms with Gasteiger partial charge in [-0.1, -0.05) is 12.1 Å². The first-order valence-electron chi connectivity index (χ1n) is 9.53. The van der Waals surface area contributed by atoms with E-state index in [1.807, 2.05) is 13.8 Å².